The van der Waals surface area contributed by atoms with Crippen molar-refractivity contribution < 1.29 is 27.6 Å². The Kier molecular flexibility index (Phi) is 7.70. The maximum atomic E-state index is 13.2. The molecule has 1 atom stereocenters. The number of halogens is 3. The summed E-state index contributed by atoms with van der Waals surface area (Å²) in [6.45, 7) is 4.14. The molecule has 1 unspecified atom stereocenters. The maximum Gasteiger partial charge on any atom is 0.446 e. The predicted octanol–water partition coefficient (Wildman–Crippen LogP) is 5.01. The van der Waals surface area contributed by atoms with Gasteiger partial charge >= 0.3 is 11.5 Å². The Hall–Kier alpha value is -4.06. The van der Waals surface area contributed by atoms with Gasteiger partial charge in [-0.1, -0.05) is 18.2 Å². The number of nitrogens with zero attached hydrogens (tertiary/aromatic N) is 5. The van der Waals surface area contributed by atoms with Crippen molar-refractivity contribution in [2.45, 2.75) is 29.9 Å². The van der Waals surface area contributed by atoms with Crippen LogP contribution >= 0.6 is 11.8 Å². The van der Waals surface area contributed by atoms with E-state index >= 15 is 0 Å². The number of hydrogen-bond acceptors (Lipinski definition) is 6. The number of para-hydroxylation sites is 1. The van der Waals surface area contributed by atoms with Gasteiger partial charge in [-0.15, -0.1) is 0 Å². The Bertz CT molecular complexity index is 1400. The van der Waals surface area contributed by atoms with Crippen LogP contribution in [0, 0.1) is 0 Å². The number of carbonyl (C=O) groups excluding carboxylic acids is 3. The van der Waals surface area contributed by atoms with Gasteiger partial charge in [0, 0.05) is 49.5 Å². The van der Waals surface area contributed by atoms with E-state index in [-0.39, 0.29) is 40.5 Å². The van der Waals surface area contributed by atoms with E-state index in [1.54, 1.807) is 24.0 Å². The van der Waals surface area contributed by atoms with Gasteiger partial charge in [0.15, 0.2) is 0 Å². The van der Waals surface area contributed by atoms with Crippen molar-refractivity contribution >= 4 is 41.0 Å². The van der Waals surface area contributed by atoms with E-state index in [2.05, 4.69) is 9.88 Å². The first-order chi connectivity index (χ1) is 19.1. The Morgan fingerprint density at radius 3 is 2.27 bits per heavy atom. The number of carbonyl (C=O) groups is 3. The van der Waals surface area contributed by atoms with E-state index in [1.165, 1.54) is 35.4 Å². The lowest BCUT2D eigenvalue weighted by Crippen LogP contribution is -2.49. The lowest BCUT2D eigenvalue weighted by molar-refractivity contribution is -0.119. The Morgan fingerprint density at radius 1 is 0.950 bits per heavy atom. The van der Waals surface area contributed by atoms with E-state index in [9.17, 15) is 27.6 Å². The molecular formula is C28H26F3N5O3S. The number of hydrogen-bond donors (Lipinski definition) is 0. The average Bonchev–Trinajstić information content (AvgIpc) is 3.16. The Labute approximate surface area is 233 Å². The highest BCUT2D eigenvalue weighted by atomic mass is 32.2. The van der Waals surface area contributed by atoms with Crippen molar-refractivity contribution in [3.05, 3.63) is 84.2 Å². The molecule has 5 rings (SSSR count). The number of piperazine rings is 1. The van der Waals surface area contributed by atoms with Crippen LogP contribution in [0.4, 0.5) is 29.3 Å². The average molecular weight is 570 g/mol. The van der Waals surface area contributed by atoms with Crippen LogP contribution in [0.3, 0.4) is 0 Å². The van der Waals surface area contributed by atoms with Crippen LogP contribution in [0.25, 0.3) is 0 Å². The summed E-state index contributed by atoms with van der Waals surface area (Å²) in [5.41, 5.74) is -2.25. The lowest BCUT2D eigenvalue weighted by atomic mass is 10.1. The molecule has 2 fully saturated rings. The molecule has 0 bridgehead atoms. The number of imide groups is 1. The molecule has 0 N–H and O–H groups in total. The largest absolute Gasteiger partial charge is 0.446 e. The minimum absolute atomic E-state index is 0.0456. The van der Waals surface area contributed by atoms with Crippen LogP contribution in [0.2, 0.25) is 0 Å². The first-order valence-electron chi connectivity index (χ1n) is 12.7. The zero-order valence-corrected chi connectivity index (χ0v) is 22.4. The second-order valence-electron chi connectivity index (χ2n) is 9.47. The van der Waals surface area contributed by atoms with Crippen LogP contribution < -0.4 is 9.80 Å². The molecule has 8 nitrogen and oxygen atoms in total. The van der Waals surface area contributed by atoms with Gasteiger partial charge in [0.25, 0.3) is 11.8 Å². The monoisotopic (exact) mass is 569 g/mol. The summed E-state index contributed by atoms with van der Waals surface area (Å²) < 4.78 is 37.9. The third-order valence-corrected chi connectivity index (χ3v) is 7.63. The molecule has 3 aromatic rings. The summed E-state index contributed by atoms with van der Waals surface area (Å²) in [5.74, 6) is -0.687. The van der Waals surface area contributed by atoms with Gasteiger partial charge < -0.3 is 14.7 Å². The standard InChI is InChI=1S/C28H26F3N5O3S/c1-19-25(37)36(22-7-9-23(10-8-22)40-28(29,30)31)27(39)35(19)18-20-11-12-32-24(17-20)26(38)34-15-13-33(14-16-34)21-5-3-2-4-6-21/h2-12,17,19H,13-16,18H2,1H3. The highest BCUT2D eigenvalue weighted by Crippen LogP contribution is 2.38. The molecule has 2 aliphatic rings. The number of amides is 4. The fourth-order valence-corrected chi connectivity index (χ4v) is 5.34. The summed E-state index contributed by atoms with van der Waals surface area (Å²) in [4.78, 5) is 49.8. The van der Waals surface area contributed by atoms with Crippen LogP contribution in [-0.4, -0.2) is 70.4 Å². The highest BCUT2D eigenvalue weighted by Gasteiger charge is 2.43. The molecule has 0 spiro atoms. The molecule has 2 aliphatic heterocycles. The SMILES string of the molecule is CC1C(=O)N(c2ccc(SC(F)(F)F)cc2)C(=O)N1Cc1ccnc(C(=O)N2CCN(c3ccccc3)CC2)c1. The minimum Gasteiger partial charge on any atom is -0.368 e. The summed E-state index contributed by atoms with van der Waals surface area (Å²) in [7, 11) is 0. The summed E-state index contributed by atoms with van der Waals surface area (Å²) >= 11 is -0.269. The molecular weight excluding hydrogens is 543 g/mol. The van der Waals surface area contributed by atoms with Gasteiger partial charge in [-0.25, -0.2) is 9.69 Å². The van der Waals surface area contributed by atoms with E-state index in [0.29, 0.717) is 31.7 Å². The zero-order chi connectivity index (χ0) is 28.4. The van der Waals surface area contributed by atoms with Gasteiger partial charge in [-0.2, -0.15) is 13.2 Å². The Balaban J connectivity index is 1.24. The Morgan fingerprint density at radius 2 is 1.62 bits per heavy atom. The van der Waals surface area contributed by atoms with E-state index < -0.39 is 23.5 Å². The van der Waals surface area contributed by atoms with Gasteiger partial charge in [0.1, 0.15) is 11.7 Å². The molecule has 2 aromatic carbocycles. The number of rotatable bonds is 6. The number of pyridine rings is 1. The number of aromatic nitrogens is 1. The van der Waals surface area contributed by atoms with Crippen molar-refractivity contribution in [1.82, 2.24) is 14.8 Å². The molecule has 12 heteroatoms. The quantitative estimate of drug-likeness (QED) is 0.307. The number of thioether (sulfide) groups is 1. The van der Waals surface area contributed by atoms with Crippen molar-refractivity contribution in [2.24, 2.45) is 0 Å². The molecule has 0 aliphatic carbocycles. The topological polar surface area (TPSA) is 77.1 Å². The van der Waals surface area contributed by atoms with Gasteiger partial charge in [-0.3, -0.25) is 14.6 Å². The first kappa shape index (κ1) is 27.5. The van der Waals surface area contributed by atoms with Crippen molar-refractivity contribution in [1.29, 1.82) is 0 Å². The molecule has 0 radical (unpaired) electrons. The van der Waals surface area contributed by atoms with E-state index in [4.69, 9.17) is 0 Å². The van der Waals surface area contributed by atoms with Gasteiger partial charge in [0.2, 0.25) is 0 Å². The van der Waals surface area contributed by atoms with Gasteiger partial charge in [-0.05, 0) is 72.8 Å². The van der Waals surface area contributed by atoms with Crippen molar-refractivity contribution in [2.75, 3.05) is 36.0 Å². The molecule has 208 valence electrons. The minimum atomic E-state index is -4.44. The van der Waals surface area contributed by atoms with Crippen LogP contribution in [-0.2, 0) is 11.3 Å². The van der Waals surface area contributed by atoms with Crippen LogP contribution in [0.1, 0.15) is 23.0 Å². The third-order valence-electron chi connectivity index (χ3n) is 6.90. The molecule has 40 heavy (non-hydrogen) atoms. The number of anilines is 2. The summed E-state index contributed by atoms with van der Waals surface area (Å²) in [6, 6.07) is 17.0. The molecule has 2 saturated heterocycles. The van der Waals surface area contributed by atoms with Crippen molar-refractivity contribution in [3.63, 3.8) is 0 Å². The fraction of sp³-hybridized carbons (Fsp3) is 0.286. The molecule has 4 amide bonds. The number of alkyl halides is 3. The third kappa shape index (κ3) is 5.91. The zero-order valence-electron chi connectivity index (χ0n) is 21.5. The second-order valence-corrected chi connectivity index (χ2v) is 10.6. The molecule has 1 aromatic heterocycles. The maximum absolute atomic E-state index is 13.2. The number of urea groups is 1. The van der Waals surface area contributed by atoms with E-state index in [0.717, 1.165) is 10.6 Å². The lowest BCUT2D eigenvalue weighted by Gasteiger charge is -2.36. The first-order valence-corrected chi connectivity index (χ1v) is 13.5. The highest BCUT2D eigenvalue weighted by molar-refractivity contribution is 8.00. The fourth-order valence-electron chi connectivity index (χ4n) is 4.80. The molecule has 3 heterocycles. The van der Waals surface area contributed by atoms with Gasteiger partial charge in [0.05, 0.1) is 5.69 Å². The van der Waals surface area contributed by atoms with Crippen LogP contribution in [0.15, 0.2) is 77.8 Å². The smallest absolute Gasteiger partial charge is 0.368 e. The number of benzene rings is 2. The van der Waals surface area contributed by atoms with Crippen molar-refractivity contribution in [3.8, 4) is 0 Å². The van der Waals surface area contributed by atoms with E-state index in [1.807, 2.05) is 30.3 Å². The predicted molar refractivity (Wildman–Crippen MR) is 145 cm³/mol. The summed E-state index contributed by atoms with van der Waals surface area (Å²) in [6.07, 6.45) is 1.50. The normalized spacial score (nSPS) is 18.1. The van der Waals surface area contributed by atoms with Crippen LogP contribution in [0.5, 0.6) is 0 Å². The molecule has 0 saturated carbocycles. The summed E-state index contributed by atoms with van der Waals surface area (Å²) in [5, 5.41) is 0. The second kappa shape index (κ2) is 11.2.